The fraction of sp³-hybridized carbons (Fsp3) is 0.722. The second-order valence-electron chi connectivity index (χ2n) is 7.08. The van der Waals surface area contributed by atoms with Crippen LogP contribution in [-0.4, -0.2) is 47.8 Å². The molecule has 1 atom stereocenters. The highest BCUT2D eigenvalue weighted by Gasteiger charge is 2.43. The molecule has 0 spiro atoms. The second kappa shape index (κ2) is 7.05. The molecule has 1 fully saturated rings. The van der Waals surface area contributed by atoms with E-state index in [0.29, 0.717) is 19.6 Å². The minimum absolute atomic E-state index is 0.537. The first-order valence-corrected chi connectivity index (χ1v) is 8.89. The standard InChI is InChI=1S/C18H27N3O3/c1-13-19-15-7-3-6-14(15)16(20-13)21-10-4-8-18(12-21,17(22)23)9-5-11-24-2/h3-12H2,1-2H3,(H,22,23). The predicted octanol–water partition coefficient (Wildman–Crippen LogP) is 2.37. The summed E-state index contributed by atoms with van der Waals surface area (Å²) in [4.78, 5) is 23.5. The highest BCUT2D eigenvalue weighted by Crippen LogP contribution is 2.38. The number of anilines is 1. The summed E-state index contributed by atoms with van der Waals surface area (Å²) in [5.74, 6) is 1.08. The Labute approximate surface area is 143 Å². The number of carbonyl (C=O) groups is 1. The Hall–Kier alpha value is -1.69. The lowest BCUT2D eigenvalue weighted by atomic mass is 9.76. The summed E-state index contributed by atoms with van der Waals surface area (Å²) in [6.45, 7) is 3.95. The van der Waals surface area contributed by atoms with Gasteiger partial charge in [-0.15, -0.1) is 0 Å². The summed E-state index contributed by atoms with van der Waals surface area (Å²) in [5.41, 5.74) is 1.70. The van der Waals surface area contributed by atoms with Gasteiger partial charge >= 0.3 is 5.97 Å². The molecule has 0 aromatic carbocycles. The lowest BCUT2D eigenvalue weighted by molar-refractivity contribution is -0.150. The van der Waals surface area contributed by atoms with Crippen LogP contribution in [0.4, 0.5) is 5.82 Å². The van der Waals surface area contributed by atoms with Gasteiger partial charge in [0.15, 0.2) is 0 Å². The summed E-state index contributed by atoms with van der Waals surface area (Å²) >= 11 is 0. The molecule has 1 aliphatic carbocycles. The van der Waals surface area contributed by atoms with Crippen molar-refractivity contribution >= 4 is 11.8 Å². The van der Waals surface area contributed by atoms with Crippen molar-refractivity contribution in [2.45, 2.75) is 51.9 Å². The summed E-state index contributed by atoms with van der Waals surface area (Å²) in [5, 5.41) is 9.90. The van der Waals surface area contributed by atoms with Crippen LogP contribution in [0.3, 0.4) is 0 Å². The first-order chi connectivity index (χ1) is 11.6. The highest BCUT2D eigenvalue weighted by atomic mass is 16.5. The number of aryl methyl sites for hydroxylation is 2. The number of nitrogens with zero attached hydrogens (tertiary/aromatic N) is 3. The molecule has 1 saturated heterocycles. The Morgan fingerprint density at radius 1 is 1.33 bits per heavy atom. The summed E-state index contributed by atoms with van der Waals surface area (Å²) in [6.07, 6.45) is 6.18. The largest absolute Gasteiger partial charge is 0.481 e. The summed E-state index contributed by atoms with van der Waals surface area (Å²) < 4.78 is 5.12. The Morgan fingerprint density at radius 2 is 2.17 bits per heavy atom. The lowest BCUT2D eigenvalue weighted by Crippen LogP contribution is -2.48. The monoisotopic (exact) mass is 333 g/mol. The predicted molar refractivity (Wildman–Crippen MR) is 91.4 cm³/mol. The van der Waals surface area contributed by atoms with E-state index in [1.165, 1.54) is 5.56 Å². The van der Waals surface area contributed by atoms with Crippen LogP contribution in [0.2, 0.25) is 0 Å². The van der Waals surface area contributed by atoms with E-state index in [9.17, 15) is 9.90 Å². The number of hydrogen-bond acceptors (Lipinski definition) is 5. The third-order valence-corrected chi connectivity index (χ3v) is 5.36. The normalized spacial score (nSPS) is 23.3. The first kappa shape index (κ1) is 17.1. The molecule has 0 radical (unpaired) electrons. The number of aromatic nitrogens is 2. The average Bonchev–Trinajstić information content (AvgIpc) is 3.02. The minimum Gasteiger partial charge on any atom is -0.481 e. The average molecular weight is 333 g/mol. The number of rotatable bonds is 6. The van der Waals surface area contributed by atoms with E-state index in [4.69, 9.17) is 4.74 Å². The zero-order chi connectivity index (χ0) is 17.2. The number of methoxy groups -OCH3 is 1. The van der Waals surface area contributed by atoms with E-state index in [2.05, 4.69) is 14.9 Å². The van der Waals surface area contributed by atoms with Crippen LogP contribution >= 0.6 is 0 Å². The molecule has 1 aliphatic heterocycles. The van der Waals surface area contributed by atoms with Crippen LogP contribution in [0.25, 0.3) is 0 Å². The first-order valence-electron chi connectivity index (χ1n) is 8.89. The molecular formula is C18H27N3O3. The van der Waals surface area contributed by atoms with Crippen molar-refractivity contribution in [3.05, 3.63) is 17.1 Å². The SMILES string of the molecule is COCCCC1(C(=O)O)CCCN(c2nc(C)nc3c2CCC3)C1. The molecule has 6 heteroatoms. The van der Waals surface area contributed by atoms with Gasteiger partial charge in [-0.25, -0.2) is 9.97 Å². The quantitative estimate of drug-likeness (QED) is 0.806. The fourth-order valence-corrected chi connectivity index (χ4v) is 4.15. The molecule has 2 heterocycles. The van der Waals surface area contributed by atoms with Gasteiger partial charge in [0, 0.05) is 38.1 Å². The van der Waals surface area contributed by atoms with Crippen molar-refractivity contribution in [1.82, 2.24) is 9.97 Å². The van der Waals surface area contributed by atoms with E-state index >= 15 is 0 Å². The third-order valence-electron chi connectivity index (χ3n) is 5.36. The Morgan fingerprint density at radius 3 is 2.92 bits per heavy atom. The highest BCUT2D eigenvalue weighted by molar-refractivity contribution is 5.76. The molecule has 3 rings (SSSR count). The number of carboxylic acids is 1. The van der Waals surface area contributed by atoms with Gasteiger partial charge in [-0.3, -0.25) is 4.79 Å². The minimum atomic E-state index is -0.693. The van der Waals surface area contributed by atoms with Gasteiger partial charge in [-0.1, -0.05) is 0 Å². The van der Waals surface area contributed by atoms with Crippen molar-refractivity contribution in [3.8, 4) is 0 Å². The molecule has 1 unspecified atom stereocenters. The van der Waals surface area contributed by atoms with Crippen molar-refractivity contribution in [2.75, 3.05) is 31.7 Å². The molecule has 0 amide bonds. The summed E-state index contributed by atoms with van der Waals surface area (Å²) in [7, 11) is 1.66. The fourth-order valence-electron chi connectivity index (χ4n) is 4.15. The van der Waals surface area contributed by atoms with Gasteiger partial charge in [0.05, 0.1) is 5.41 Å². The molecule has 132 valence electrons. The van der Waals surface area contributed by atoms with Crippen LogP contribution in [0.1, 0.15) is 49.2 Å². The number of ether oxygens (including phenoxy) is 1. The topological polar surface area (TPSA) is 75.6 Å². The van der Waals surface area contributed by atoms with Gasteiger partial charge in [0.1, 0.15) is 11.6 Å². The number of fused-ring (bicyclic) bond motifs is 1. The van der Waals surface area contributed by atoms with Gasteiger partial charge < -0.3 is 14.7 Å². The zero-order valence-corrected chi connectivity index (χ0v) is 14.7. The van der Waals surface area contributed by atoms with E-state index in [1.807, 2.05) is 6.92 Å². The number of hydrogen-bond donors (Lipinski definition) is 1. The van der Waals surface area contributed by atoms with Crippen molar-refractivity contribution < 1.29 is 14.6 Å². The van der Waals surface area contributed by atoms with E-state index in [0.717, 1.165) is 62.4 Å². The van der Waals surface area contributed by atoms with Gasteiger partial charge in [0.25, 0.3) is 0 Å². The molecule has 0 bridgehead atoms. The Balaban J connectivity index is 1.86. The van der Waals surface area contributed by atoms with E-state index in [1.54, 1.807) is 7.11 Å². The third kappa shape index (κ3) is 3.24. The molecular weight excluding hydrogens is 306 g/mol. The number of carboxylic acid groups (broad SMARTS) is 1. The van der Waals surface area contributed by atoms with Gasteiger partial charge in [-0.2, -0.15) is 0 Å². The molecule has 2 aliphatic rings. The molecule has 0 saturated carbocycles. The lowest BCUT2D eigenvalue weighted by Gasteiger charge is -2.41. The zero-order valence-electron chi connectivity index (χ0n) is 14.7. The summed E-state index contributed by atoms with van der Waals surface area (Å²) in [6, 6.07) is 0. The maximum atomic E-state index is 12.0. The molecule has 6 nitrogen and oxygen atoms in total. The van der Waals surface area contributed by atoms with Gasteiger partial charge in [-0.05, 0) is 51.9 Å². The molecule has 1 N–H and O–H groups in total. The Kier molecular flexibility index (Phi) is 5.04. The Bertz CT molecular complexity index is 620. The van der Waals surface area contributed by atoms with E-state index < -0.39 is 11.4 Å². The van der Waals surface area contributed by atoms with Crippen LogP contribution < -0.4 is 4.90 Å². The van der Waals surface area contributed by atoms with E-state index in [-0.39, 0.29) is 0 Å². The molecule has 1 aromatic heterocycles. The second-order valence-corrected chi connectivity index (χ2v) is 7.08. The van der Waals surface area contributed by atoms with Crippen molar-refractivity contribution in [1.29, 1.82) is 0 Å². The van der Waals surface area contributed by atoms with Crippen LogP contribution in [0.5, 0.6) is 0 Å². The maximum Gasteiger partial charge on any atom is 0.311 e. The number of aliphatic carboxylic acids is 1. The van der Waals surface area contributed by atoms with Gasteiger partial charge in [0.2, 0.25) is 0 Å². The van der Waals surface area contributed by atoms with Crippen LogP contribution in [0.15, 0.2) is 0 Å². The maximum absolute atomic E-state index is 12.0. The van der Waals surface area contributed by atoms with Crippen molar-refractivity contribution in [2.24, 2.45) is 5.41 Å². The van der Waals surface area contributed by atoms with Crippen LogP contribution in [-0.2, 0) is 22.4 Å². The van der Waals surface area contributed by atoms with Crippen LogP contribution in [0, 0.1) is 12.3 Å². The molecule has 1 aromatic rings. The molecule has 24 heavy (non-hydrogen) atoms. The smallest absolute Gasteiger partial charge is 0.311 e. The number of piperidine rings is 1. The van der Waals surface area contributed by atoms with Crippen molar-refractivity contribution in [3.63, 3.8) is 0 Å².